The van der Waals surface area contributed by atoms with Crippen LogP contribution in [0.2, 0.25) is 5.02 Å². The second-order valence-electron chi connectivity index (χ2n) is 8.01. The van der Waals surface area contributed by atoms with Crippen LogP contribution in [-0.4, -0.2) is 59.9 Å². The second-order valence-corrected chi connectivity index (χ2v) is 8.45. The van der Waals surface area contributed by atoms with E-state index in [0.29, 0.717) is 16.5 Å². The minimum absolute atomic E-state index is 0.0210. The molecule has 5 nitrogen and oxygen atoms in total. The molecule has 0 aromatic heterocycles. The molecule has 27 heavy (non-hydrogen) atoms. The topological polar surface area (TPSA) is 52.7 Å². The highest BCUT2D eigenvalue weighted by Crippen LogP contribution is 2.41. The summed E-state index contributed by atoms with van der Waals surface area (Å²) in [5.41, 5.74) is 0.626. The van der Waals surface area contributed by atoms with E-state index in [1.165, 1.54) is 6.42 Å². The summed E-state index contributed by atoms with van der Waals surface area (Å²) < 4.78 is 0. The van der Waals surface area contributed by atoms with Crippen LogP contribution in [0.1, 0.15) is 48.9 Å². The van der Waals surface area contributed by atoms with Crippen LogP contribution in [-0.2, 0) is 4.79 Å². The van der Waals surface area contributed by atoms with E-state index in [2.05, 4.69) is 5.32 Å². The summed E-state index contributed by atoms with van der Waals surface area (Å²) in [4.78, 5) is 30.6. The Bertz CT molecular complexity index is 685. The first-order chi connectivity index (χ1) is 13.1. The average molecular weight is 390 g/mol. The summed E-state index contributed by atoms with van der Waals surface area (Å²) in [6.45, 7) is 3.29. The van der Waals surface area contributed by atoms with Crippen LogP contribution in [0.5, 0.6) is 0 Å². The third-order valence-electron chi connectivity index (χ3n) is 6.35. The fourth-order valence-corrected chi connectivity index (χ4v) is 5.12. The number of carbonyl (C=O) groups is 2. The van der Waals surface area contributed by atoms with Crippen molar-refractivity contribution >= 4 is 23.4 Å². The predicted molar refractivity (Wildman–Crippen MR) is 106 cm³/mol. The summed E-state index contributed by atoms with van der Waals surface area (Å²) >= 11 is 5.99. The van der Waals surface area contributed by atoms with E-state index in [-0.39, 0.29) is 23.9 Å². The number of rotatable bonds is 2. The summed E-state index contributed by atoms with van der Waals surface area (Å²) in [6.07, 6.45) is 6.26. The lowest BCUT2D eigenvalue weighted by molar-refractivity contribution is -0.135. The molecule has 2 aliphatic heterocycles. The van der Waals surface area contributed by atoms with E-state index >= 15 is 0 Å². The lowest BCUT2D eigenvalue weighted by atomic mass is 9.84. The van der Waals surface area contributed by atoms with E-state index < -0.39 is 0 Å². The normalized spacial score (nSPS) is 28.6. The maximum atomic E-state index is 13.4. The molecule has 1 N–H and O–H groups in total. The van der Waals surface area contributed by atoms with Gasteiger partial charge in [-0.3, -0.25) is 9.59 Å². The highest BCUT2D eigenvalue weighted by Gasteiger charge is 2.48. The van der Waals surface area contributed by atoms with E-state index in [9.17, 15) is 9.59 Å². The Hall–Kier alpha value is -1.59. The number of hydrogen-bond acceptors (Lipinski definition) is 3. The van der Waals surface area contributed by atoms with Crippen molar-refractivity contribution in [3.63, 3.8) is 0 Å². The van der Waals surface area contributed by atoms with Gasteiger partial charge in [-0.2, -0.15) is 0 Å². The summed E-state index contributed by atoms with van der Waals surface area (Å²) in [5.74, 6) is 0.567. The quantitative estimate of drug-likeness (QED) is 0.846. The zero-order chi connectivity index (χ0) is 18.8. The first kappa shape index (κ1) is 18.8. The molecule has 1 aromatic carbocycles. The molecule has 3 unspecified atom stereocenters. The number of halogens is 1. The molecular weight excluding hydrogens is 362 g/mol. The van der Waals surface area contributed by atoms with Gasteiger partial charge in [0, 0.05) is 36.3 Å². The van der Waals surface area contributed by atoms with Crippen molar-refractivity contribution in [3.05, 3.63) is 34.9 Å². The molecule has 1 aliphatic carbocycles. The zero-order valence-corrected chi connectivity index (χ0v) is 16.5. The van der Waals surface area contributed by atoms with E-state index in [0.717, 1.165) is 58.3 Å². The van der Waals surface area contributed by atoms with Gasteiger partial charge >= 0.3 is 0 Å². The Kier molecular flexibility index (Phi) is 5.69. The first-order valence-electron chi connectivity index (χ1n) is 10.2. The Morgan fingerprint density at radius 3 is 2.59 bits per heavy atom. The van der Waals surface area contributed by atoms with Gasteiger partial charge in [0.15, 0.2) is 0 Å². The molecule has 6 heteroatoms. The Morgan fingerprint density at radius 2 is 1.78 bits per heavy atom. The van der Waals surface area contributed by atoms with Crippen LogP contribution < -0.4 is 5.32 Å². The molecule has 3 aliphatic rings. The molecule has 146 valence electrons. The molecule has 4 rings (SSSR count). The maximum absolute atomic E-state index is 13.4. The highest BCUT2D eigenvalue weighted by atomic mass is 35.5. The Labute approximate surface area is 166 Å². The van der Waals surface area contributed by atoms with Crippen LogP contribution in [0.25, 0.3) is 0 Å². The van der Waals surface area contributed by atoms with Crippen molar-refractivity contribution in [2.45, 2.75) is 50.6 Å². The molecule has 1 aromatic rings. The molecule has 2 saturated heterocycles. The van der Waals surface area contributed by atoms with Crippen LogP contribution >= 0.6 is 11.6 Å². The number of amides is 2. The third kappa shape index (κ3) is 3.85. The number of nitrogens with zero attached hydrogens (tertiary/aromatic N) is 2. The lowest BCUT2D eigenvalue weighted by Gasteiger charge is -2.35. The summed E-state index contributed by atoms with van der Waals surface area (Å²) in [5, 5.41) is 3.97. The van der Waals surface area contributed by atoms with Crippen molar-refractivity contribution in [2.75, 3.05) is 26.2 Å². The lowest BCUT2D eigenvalue weighted by Crippen LogP contribution is -2.51. The molecule has 3 fully saturated rings. The number of nitrogens with one attached hydrogen (secondary N) is 1. The molecular formula is C21H28ClN3O2. The van der Waals surface area contributed by atoms with E-state index in [1.54, 1.807) is 24.3 Å². The second kappa shape index (κ2) is 8.19. The Morgan fingerprint density at radius 1 is 1.00 bits per heavy atom. The molecule has 2 amide bonds. The van der Waals surface area contributed by atoms with Crippen LogP contribution in [0.4, 0.5) is 0 Å². The van der Waals surface area contributed by atoms with Crippen LogP contribution in [0.3, 0.4) is 0 Å². The monoisotopic (exact) mass is 389 g/mol. The molecule has 3 atom stereocenters. The van der Waals surface area contributed by atoms with Crippen molar-refractivity contribution < 1.29 is 9.59 Å². The molecule has 0 radical (unpaired) electrons. The standard InChI is InChI=1S/C21H28ClN3O2/c22-17-8-6-15(7-9-17)20(26)25-18-5-2-1-4-16(18)14-19(25)21(27)24-12-3-10-23-11-13-24/h6-9,16,18-19,23H,1-5,10-14H2. The number of likely N-dealkylation sites (tertiary alicyclic amines) is 1. The number of carbonyl (C=O) groups excluding carboxylic acids is 2. The van der Waals surface area contributed by atoms with Gasteiger partial charge in [0.25, 0.3) is 5.91 Å². The molecule has 0 bridgehead atoms. The van der Waals surface area contributed by atoms with Crippen LogP contribution in [0.15, 0.2) is 24.3 Å². The SMILES string of the molecule is O=C(C1CC2CCCCC2N1C(=O)c1ccc(Cl)cc1)N1CCCNCC1. The molecule has 1 saturated carbocycles. The van der Waals surface area contributed by atoms with Gasteiger partial charge in [0.2, 0.25) is 5.91 Å². The van der Waals surface area contributed by atoms with Crippen molar-refractivity contribution in [1.29, 1.82) is 0 Å². The highest BCUT2D eigenvalue weighted by molar-refractivity contribution is 6.30. The van der Waals surface area contributed by atoms with Gasteiger partial charge in [-0.1, -0.05) is 24.4 Å². The average Bonchev–Trinajstić information content (AvgIpc) is 2.86. The molecule has 0 spiro atoms. The largest absolute Gasteiger partial charge is 0.340 e. The first-order valence-corrected chi connectivity index (χ1v) is 10.6. The minimum atomic E-state index is -0.320. The van der Waals surface area contributed by atoms with Crippen molar-refractivity contribution in [1.82, 2.24) is 15.1 Å². The number of fused-ring (bicyclic) bond motifs is 1. The predicted octanol–water partition coefficient (Wildman–Crippen LogP) is 2.94. The van der Waals surface area contributed by atoms with Crippen molar-refractivity contribution in [3.8, 4) is 0 Å². The van der Waals surface area contributed by atoms with Crippen LogP contribution in [0, 0.1) is 5.92 Å². The third-order valence-corrected chi connectivity index (χ3v) is 6.60. The van der Waals surface area contributed by atoms with Gasteiger partial charge in [-0.25, -0.2) is 0 Å². The van der Waals surface area contributed by atoms with Gasteiger partial charge in [0.05, 0.1) is 0 Å². The number of hydrogen-bond donors (Lipinski definition) is 1. The van der Waals surface area contributed by atoms with Gasteiger partial charge in [0.1, 0.15) is 6.04 Å². The van der Waals surface area contributed by atoms with E-state index in [4.69, 9.17) is 11.6 Å². The fourth-order valence-electron chi connectivity index (χ4n) is 4.99. The number of benzene rings is 1. The summed E-state index contributed by atoms with van der Waals surface area (Å²) in [6, 6.07) is 6.93. The zero-order valence-electron chi connectivity index (χ0n) is 15.7. The molecule has 2 heterocycles. The van der Waals surface area contributed by atoms with Gasteiger partial charge in [-0.05, 0) is 62.4 Å². The van der Waals surface area contributed by atoms with Crippen molar-refractivity contribution in [2.24, 2.45) is 5.92 Å². The Balaban J connectivity index is 1.60. The fraction of sp³-hybridized carbons (Fsp3) is 0.619. The van der Waals surface area contributed by atoms with E-state index in [1.807, 2.05) is 9.80 Å². The van der Waals surface area contributed by atoms with Gasteiger partial charge in [-0.15, -0.1) is 0 Å². The summed E-state index contributed by atoms with van der Waals surface area (Å²) in [7, 11) is 0. The van der Waals surface area contributed by atoms with Gasteiger partial charge < -0.3 is 15.1 Å². The minimum Gasteiger partial charge on any atom is -0.340 e. The maximum Gasteiger partial charge on any atom is 0.254 e. The smallest absolute Gasteiger partial charge is 0.254 e.